The predicted octanol–water partition coefficient (Wildman–Crippen LogP) is 4.59. The molecule has 0 bridgehead atoms. The molecule has 2 atom stereocenters. The van der Waals surface area contributed by atoms with Crippen molar-refractivity contribution < 1.29 is 13.9 Å². The summed E-state index contributed by atoms with van der Waals surface area (Å²) in [6.45, 7) is 2.78. The van der Waals surface area contributed by atoms with Crippen LogP contribution in [-0.4, -0.2) is 29.6 Å². The van der Waals surface area contributed by atoms with Crippen molar-refractivity contribution in [3.63, 3.8) is 0 Å². The number of amides is 1. The fourth-order valence-electron chi connectivity index (χ4n) is 3.98. The van der Waals surface area contributed by atoms with Crippen molar-refractivity contribution in [3.05, 3.63) is 59.9 Å². The third-order valence-corrected chi connectivity index (χ3v) is 5.46. The van der Waals surface area contributed by atoms with Crippen molar-refractivity contribution in [1.82, 2.24) is 10.3 Å². The number of carbonyl (C=O) groups is 1. The number of carbonyl (C=O) groups excluding carboxylic acids is 1. The normalized spacial score (nSPS) is 17.7. The van der Waals surface area contributed by atoms with Gasteiger partial charge in [-0.3, -0.25) is 4.79 Å². The molecule has 1 fully saturated rings. The van der Waals surface area contributed by atoms with Gasteiger partial charge in [0.2, 0.25) is 5.91 Å². The number of hydrogen-bond donors (Lipinski definition) is 2. The van der Waals surface area contributed by atoms with Crippen molar-refractivity contribution in [1.29, 1.82) is 0 Å². The van der Waals surface area contributed by atoms with E-state index in [4.69, 9.17) is 4.74 Å². The summed E-state index contributed by atoms with van der Waals surface area (Å²) in [5, 5.41) is 4.17. The zero-order valence-corrected chi connectivity index (χ0v) is 16.0. The molecule has 2 unspecified atom stereocenters. The second-order valence-corrected chi connectivity index (χ2v) is 7.44. The fraction of sp³-hybridized carbons (Fsp3) is 0.348. The largest absolute Gasteiger partial charge is 0.376 e. The smallest absolute Gasteiger partial charge is 0.220 e. The van der Waals surface area contributed by atoms with Crippen LogP contribution in [0.3, 0.4) is 0 Å². The van der Waals surface area contributed by atoms with Crippen LogP contribution >= 0.6 is 0 Å². The molecule has 3 aromatic rings. The minimum Gasteiger partial charge on any atom is -0.376 e. The van der Waals surface area contributed by atoms with E-state index in [9.17, 15) is 9.18 Å². The Morgan fingerprint density at radius 1 is 1.25 bits per heavy atom. The van der Waals surface area contributed by atoms with Crippen molar-refractivity contribution in [2.45, 2.75) is 44.8 Å². The number of aromatic nitrogens is 1. The van der Waals surface area contributed by atoms with E-state index >= 15 is 0 Å². The van der Waals surface area contributed by atoms with E-state index in [1.807, 2.05) is 25.1 Å². The molecule has 1 amide bonds. The maximum atomic E-state index is 13.3. The molecule has 2 N–H and O–H groups in total. The highest BCUT2D eigenvalue weighted by molar-refractivity contribution is 5.91. The summed E-state index contributed by atoms with van der Waals surface area (Å²) >= 11 is 0. The number of para-hydroxylation sites is 1. The average molecular weight is 380 g/mol. The van der Waals surface area contributed by atoms with E-state index < -0.39 is 0 Å². The number of H-pyrrole nitrogens is 1. The Hall–Kier alpha value is -2.66. The third-order valence-electron chi connectivity index (χ3n) is 5.46. The SMILES string of the molecule is CC(NC(=O)CCc1c(-c2ccc(F)cc2)[nH]c2ccccc12)C1CCCO1. The molecular weight excluding hydrogens is 355 g/mol. The Bertz CT molecular complexity index is 958. The first-order chi connectivity index (χ1) is 13.6. The first-order valence-electron chi connectivity index (χ1n) is 9.88. The number of hydrogen-bond acceptors (Lipinski definition) is 2. The molecule has 1 aromatic heterocycles. The lowest BCUT2D eigenvalue weighted by Crippen LogP contribution is -2.40. The van der Waals surface area contributed by atoms with Crippen LogP contribution in [0.2, 0.25) is 0 Å². The summed E-state index contributed by atoms with van der Waals surface area (Å²) in [6.07, 6.45) is 3.18. The molecule has 0 spiro atoms. The molecular formula is C23H25FN2O2. The van der Waals surface area contributed by atoms with Crippen LogP contribution in [0, 0.1) is 5.82 Å². The number of aryl methyl sites for hydroxylation is 1. The summed E-state index contributed by atoms with van der Waals surface area (Å²) in [5.74, 6) is -0.234. The van der Waals surface area contributed by atoms with Gasteiger partial charge in [-0.2, -0.15) is 0 Å². The molecule has 5 heteroatoms. The van der Waals surface area contributed by atoms with Gasteiger partial charge >= 0.3 is 0 Å². The van der Waals surface area contributed by atoms with Crippen LogP contribution in [0.25, 0.3) is 22.2 Å². The van der Waals surface area contributed by atoms with Gasteiger partial charge in [0.25, 0.3) is 0 Å². The van der Waals surface area contributed by atoms with Gasteiger partial charge < -0.3 is 15.0 Å². The Balaban J connectivity index is 1.53. The minimum atomic E-state index is -0.260. The fourth-order valence-corrected chi connectivity index (χ4v) is 3.98. The number of nitrogens with one attached hydrogen (secondary N) is 2. The molecule has 28 heavy (non-hydrogen) atoms. The lowest BCUT2D eigenvalue weighted by atomic mass is 10.0. The molecule has 1 saturated heterocycles. The monoisotopic (exact) mass is 380 g/mol. The molecule has 0 aliphatic carbocycles. The van der Waals surface area contributed by atoms with Gasteiger partial charge in [-0.25, -0.2) is 4.39 Å². The zero-order valence-electron chi connectivity index (χ0n) is 16.0. The predicted molar refractivity (Wildman–Crippen MR) is 109 cm³/mol. The van der Waals surface area contributed by atoms with Crippen molar-refractivity contribution in [2.24, 2.45) is 0 Å². The molecule has 2 heterocycles. The average Bonchev–Trinajstić information content (AvgIpc) is 3.35. The number of aromatic amines is 1. The van der Waals surface area contributed by atoms with Gasteiger partial charge in [0, 0.05) is 29.6 Å². The van der Waals surface area contributed by atoms with Crippen molar-refractivity contribution >= 4 is 16.8 Å². The number of rotatable bonds is 6. The van der Waals surface area contributed by atoms with Gasteiger partial charge in [0.15, 0.2) is 0 Å². The lowest BCUT2D eigenvalue weighted by Gasteiger charge is -2.20. The highest BCUT2D eigenvalue weighted by Crippen LogP contribution is 2.31. The first-order valence-corrected chi connectivity index (χ1v) is 9.88. The van der Waals surface area contributed by atoms with Gasteiger partial charge in [-0.15, -0.1) is 0 Å². The van der Waals surface area contributed by atoms with E-state index in [1.54, 1.807) is 12.1 Å². The van der Waals surface area contributed by atoms with E-state index in [-0.39, 0.29) is 23.9 Å². The number of halogens is 1. The molecule has 4 nitrogen and oxygen atoms in total. The second kappa shape index (κ2) is 8.15. The quantitative estimate of drug-likeness (QED) is 0.657. The Morgan fingerprint density at radius 3 is 2.79 bits per heavy atom. The number of ether oxygens (including phenoxy) is 1. The minimum absolute atomic E-state index is 0.0227. The van der Waals surface area contributed by atoms with E-state index in [0.717, 1.165) is 47.2 Å². The molecule has 4 rings (SSSR count). The zero-order chi connectivity index (χ0) is 19.5. The highest BCUT2D eigenvalue weighted by Gasteiger charge is 2.23. The van der Waals surface area contributed by atoms with Gasteiger partial charge in [0.05, 0.1) is 12.1 Å². The summed E-state index contributed by atoms with van der Waals surface area (Å²) < 4.78 is 19.0. The topological polar surface area (TPSA) is 54.1 Å². The van der Waals surface area contributed by atoms with Crippen LogP contribution in [0.1, 0.15) is 31.7 Å². The summed E-state index contributed by atoms with van der Waals surface area (Å²) in [5.41, 5.74) is 3.97. The Morgan fingerprint density at radius 2 is 2.04 bits per heavy atom. The molecule has 0 saturated carbocycles. The standard InChI is InChI=1S/C23H25FN2O2/c1-15(21-7-4-14-28-21)25-22(27)13-12-19-18-5-2-3-6-20(18)26-23(19)16-8-10-17(24)11-9-16/h2-3,5-6,8-11,15,21,26H,4,7,12-14H2,1H3,(H,25,27). The maximum absolute atomic E-state index is 13.3. The maximum Gasteiger partial charge on any atom is 0.220 e. The molecule has 1 aliphatic rings. The third kappa shape index (κ3) is 3.94. The first kappa shape index (κ1) is 18.7. The second-order valence-electron chi connectivity index (χ2n) is 7.44. The molecule has 0 radical (unpaired) electrons. The van der Waals surface area contributed by atoms with Gasteiger partial charge in [-0.1, -0.05) is 18.2 Å². The van der Waals surface area contributed by atoms with Gasteiger partial charge in [-0.05, 0) is 67.6 Å². The van der Waals surface area contributed by atoms with Crippen LogP contribution in [-0.2, 0) is 16.0 Å². The van der Waals surface area contributed by atoms with Crippen LogP contribution in [0.5, 0.6) is 0 Å². The molecule has 2 aromatic carbocycles. The van der Waals surface area contributed by atoms with E-state index in [1.165, 1.54) is 12.1 Å². The van der Waals surface area contributed by atoms with E-state index in [2.05, 4.69) is 16.4 Å². The molecule has 146 valence electrons. The summed E-state index contributed by atoms with van der Waals surface area (Å²) in [7, 11) is 0. The van der Waals surface area contributed by atoms with Crippen molar-refractivity contribution in [3.8, 4) is 11.3 Å². The summed E-state index contributed by atoms with van der Waals surface area (Å²) in [4.78, 5) is 15.9. The van der Waals surface area contributed by atoms with Crippen molar-refractivity contribution in [2.75, 3.05) is 6.61 Å². The number of benzene rings is 2. The lowest BCUT2D eigenvalue weighted by molar-refractivity contribution is -0.122. The molecule has 1 aliphatic heterocycles. The highest BCUT2D eigenvalue weighted by atomic mass is 19.1. The van der Waals surface area contributed by atoms with Crippen LogP contribution < -0.4 is 5.32 Å². The Kier molecular flexibility index (Phi) is 5.44. The Labute approximate surface area is 164 Å². The number of fused-ring (bicyclic) bond motifs is 1. The summed E-state index contributed by atoms with van der Waals surface area (Å²) in [6, 6.07) is 14.5. The van der Waals surface area contributed by atoms with Crippen LogP contribution in [0.15, 0.2) is 48.5 Å². The van der Waals surface area contributed by atoms with E-state index in [0.29, 0.717) is 12.8 Å². The van der Waals surface area contributed by atoms with Crippen LogP contribution in [0.4, 0.5) is 4.39 Å². The van der Waals surface area contributed by atoms with Gasteiger partial charge in [0.1, 0.15) is 5.82 Å².